The van der Waals surface area contributed by atoms with Gasteiger partial charge in [-0.3, -0.25) is 9.88 Å². The Hall–Kier alpha value is -3.43. The summed E-state index contributed by atoms with van der Waals surface area (Å²) in [6.45, 7) is 2.99. The number of hydrogen-bond donors (Lipinski definition) is 2. The monoisotopic (exact) mass is 512 g/mol. The SMILES string of the molecule is O=C(OCCN(Cc1ccccn1)CC1C=CCCN1)C1=CC=CCC1Nc1cccc(C(F)(F)F)c1. The molecule has 9 heteroatoms. The number of anilines is 1. The van der Waals surface area contributed by atoms with Crippen LogP contribution in [-0.4, -0.2) is 54.2 Å². The van der Waals surface area contributed by atoms with E-state index in [1.54, 1.807) is 24.4 Å². The maximum atomic E-state index is 13.1. The van der Waals surface area contributed by atoms with Crippen molar-refractivity contribution in [3.63, 3.8) is 0 Å². The molecular formula is C28H31F3N4O2. The number of carbonyl (C=O) groups excluding carboxylic acids is 1. The molecular weight excluding hydrogens is 481 g/mol. The minimum Gasteiger partial charge on any atom is -0.461 e. The van der Waals surface area contributed by atoms with Crippen LogP contribution in [0.25, 0.3) is 0 Å². The smallest absolute Gasteiger partial charge is 0.416 e. The Kier molecular flexibility index (Phi) is 9.14. The molecule has 2 unspecified atom stereocenters. The average molecular weight is 513 g/mol. The third-order valence-corrected chi connectivity index (χ3v) is 6.22. The molecule has 2 heterocycles. The molecule has 2 aromatic rings. The van der Waals surface area contributed by atoms with Crippen LogP contribution in [0.2, 0.25) is 0 Å². The van der Waals surface area contributed by atoms with E-state index < -0.39 is 23.8 Å². The van der Waals surface area contributed by atoms with Crippen molar-refractivity contribution in [3.05, 3.63) is 95.9 Å². The van der Waals surface area contributed by atoms with Gasteiger partial charge in [0.1, 0.15) is 6.61 Å². The summed E-state index contributed by atoms with van der Waals surface area (Å²) in [6, 6.07) is 10.5. The molecule has 0 spiro atoms. The Morgan fingerprint density at radius 3 is 2.84 bits per heavy atom. The van der Waals surface area contributed by atoms with Crippen molar-refractivity contribution >= 4 is 11.7 Å². The maximum Gasteiger partial charge on any atom is 0.416 e. The number of hydrogen-bond acceptors (Lipinski definition) is 6. The summed E-state index contributed by atoms with van der Waals surface area (Å²) in [5.41, 5.74) is 0.864. The van der Waals surface area contributed by atoms with Crippen LogP contribution in [0.4, 0.5) is 18.9 Å². The van der Waals surface area contributed by atoms with Crippen molar-refractivity contribution in [2.45, 2.75) is 37.6 Å². The van der Waals surface area contributed by atoms with Gasteiger partial charge in [-0.05, 0) is 55.8 Å². The van der Waals surface area contributed by atoms with Crippen molar-refractivity contribution in [2.24, 2.45) is 0 Å². The Bertz CT molecular complexity index is 1130. The van der Waals surface area contributed by atoms with Crippen LogP contribution in [0.5, 0.6) is 0 Å². The highest BCUT2D eigenvalue weighted by Crippen LogP contribution is 2.31. The zero-order valence-corrected chi connectivity index (χ0v) is 20.5. The second kappa shape index (κ2) is 12.7. The first-order valence-electron chi connectivity index (χ1n) is 12.4. The molecule has 0 saturated heterocycles. The van der Waals surface area contributed by atoms with E-state index in [4.69, 9.17) is 4.74 Å². The highest BCUT2D eigenvalue weighted by molar-refractivity contribution is 5.91. The number of benzene rings is 1. The van der Waals surface area contributed by atoms with E-state index in [2.05, 4.69) is 32.7 Å². The van der Waals surface area contributed by atoms with E-state index in [9.17, 15) is 18.0 Å². The molecule has 0 amide bonds. The summed E-state index contributed by atoms with van der Waals surface area (Å²) in [7, 11) is 0. The number of ether oxygens (including phenoxy) is 1. The molecule has 0 bridgehead atoms. The lowest BCUT2D eigenvalue weighted by Gasteiger charge is -2.28. The minimum atomic E-state index is -4.44. The van der Waals surface area contributed by atoms with Crippen molar-refractivity contribution in [3.8, 4) is 0 Å². The second-order valence-corrected chi connectivity index (χ2v) is 9.03. The molecule has 2 N–H and O–H groups in total. The molecule has 4 rings (SSSR count). The first-order chi connectivity index (χ1) is 17.9. The summed E-state index contributed by atoms with van der Waals surface area (Å²) >= 11 is 0. The van der Waals surface area contributed by atoms with Gasteiger partial charge in [-0.25, -0.2) is 4.79 Å². The molecule has 6 nitrogen and oxygen atoms in total. The lowest BCUT2D eigenvalue weighted by Crippen LogP contribution is -2.42. The van der Waals surface area contributed by atoms with Crippen LogP contribution in [0.1, 0.15) is 24.1 Å². The minimum absolute atomic E-state index is 0.180. The number of allylic oxidation sites excluding steroid dienone is 2. The lowest BCUT2D eigenvalue weighted by atomic mass is 9.98. The molecule has 2 atom stereocenters. The fourth-order valence-corrected chi connectivity index (χ4v) is 4.35. The van der Waals surface area contributed by atoms with Crippen molar-refractivity contribution in [2.75, 3.05) is 31.6 Å². The lowest BCUT2D eigenvalue weighted by molar-refractivity contribution is -0.140. The standard InChI is InChI=1S/C28H31F3N4O2/c29-28(30,31)21-8-7-11-22(18-21)34-26-13-2-1-12-25(26)27(36)37-17-16-35(19-23-9-3-5-14-32-23)20-24-10-4-6-15-33-24/h1-5,7-12,14,18,24,26,33-34H,6,13,15-17,19-20H2. The highest BCUT2D eigenvalue weighted by atomic mass is 19.4. The van der Waals surface area contributed by atoms with Crippen LogP contribution in [0, 0.1) is 0 Å². The van der Waals surface area contributed by atoms with Crippen LogP contribution in [-0.2, 0) is 22.3 Å². The van der Waals surface area contributed by atoms with Gasteiger partial charge in [0.15, 0.2) is 0 Å². The molecule has 0 fully saturated rings. The Morgan fingerprint density at radius 1 is 1.19 bits per heavy atom. The normalized spacial score (nSPS) is 19.5. The van der Waals surface area contributed by atoms with E-state index in [1.165, 1.54) is 6.07 Å². The molecule has 0 radical (unpaired) electrons. The maximum absolute atomic E-state index is 13.1. The van der Waals surface area contributed by atoms with Crippen LogP contribution in [0.3, 0.4) is 0 Å². The molecule has 2 aliphatic rings. The first-order valence-corrected chi connectivity index (χ1v) is 12.4. The Labute approximate surface area is 214 Å². The van der Waals surface area contributed by atoms with Crippen molar-refractivity contribution in [1.29, 1.82) is 0 Å². The molecule has 1 aromatic carbocycles. The van der Waals surface area contributed by atoms with Gasteiger partial charge in [-0.1, -0.05) is 36.4 Å². The number of alkyl halides is 3. The number of pyridine rings is 1. The van der Waals surface area contributed by atoms with Crippen LogP contribution < -0.4 is 10.6 Å². The number of nitrogens with zero attached hydrogens (tertiary/aromatic N) is 2. The highest BCUT2D eigenvalue weighted by Gasteiger charge is 2.31. The van der Waals surface area contributed by atoms with Crippen molar-refractivity contribution in [1.82, 2.24) is 15.2 Å². The zero-order valence-electron chi connectivity index (χ0n) is 20.5. The topological polar surface area (TPSA) is 66.5 Å². The molecule has 1 aliphatic carbocycles. The number of halogens is 3. The van der Waals surface area contributed by atoms with Gasteiger partial charge in [0.2, 0.25) is 0 Å². The van der Waals surface area contributed by atoms with Gasteiger partial charge < -0.3 is 15.4 Å². The first kappa shape index (κ1) is 26.6. The summed E-state index contributed by atoms with van der Waals surface area (Å²) in [5.74, 6) is -0.484. The third kappa shape index (κ3) is 8.03. The molecule has 37 heavy (non-hydrogen) atoms. The molecule has 196 valence electrons. The fraction of sp³-hybridized carbons (Fsp3) is 0.357. The van der Waals surface area contributed by atoms with Gasteiger partial charge in [0.05, 0.1) is 22.9 Å². The van der Waals surface area contributed by atoms with E-state index in [1.807, 2.05) is 24.3 Å². The van der Waals surface area contributed by atoms with Gasteiger partial charge in [-0.2, -0.15) is 13.2 Å². The van der Waals surface area contributed by atoms with Crippen molar-refractivity contribution < 1.29 is 22.7 Å². The number of carbonyl (C=O) groups is 1. The molecule has 0 saturated carbocycles. The molecule has 1 aliphatic heterocycles. The predicted molar refractivity (Wildman–Crippen MR) is 137 cm³/mol. The van der Waals surface area contributed by atoms with E-state index in [0.29, 0.717) is 30.8 Å². The van der Waals surface area contributed by atoms with E-state index >= 15 is 0 Å². The Morgan fingerprint density at radius 2 is 2.08 bits per heavy atom. The van der Waals surface area contributed by atoms with Crippen LogP contribution >= 0.6 is 0 Å². The summed E-state index contributed by atoms with van der Waals surface area (Å²) < 4.78 is 44.9. The zero-order chi connectivity index (χ0) is 26.1. The summed E-state index contributed by atoms with van der Waals surface area (Å²) in [6.07, 6.45) is 8.39. The van der Waals surface area contributed by atoms with E-state index in [0.717, 1.165) is 37.3 Å². The molecule has 1 aromatic heterocycles. The number of aromatic nitrogens is 1. The predicted octanol–water partition coefficient (Wildman–Crippen LogP) is 4.73. The van der Waals surface area contributed by atoms with Gasteiger partial charge in [-0.15, -0.1) is 0 Å². The van der Waals surface area contributed by atoms with Gasteiger partial charge >= 0.3 is 12.1 Å². The summed E-state index contributed by atoms with van der Waals surface area (Å²) in [4.78, 5) is 19.6. The quantitative estimate of drug-likeness (QED) is 0.355. The average Bonchev–Trinajstić information content (AvgIpc) is 2.90. The second-order valence-electron chi connectivity index (χ2n) is 9.03. The van der Waals surface area contributed by atoms with Gasteiger partial charge in [0.25, 0.3) is 0 Å². The Balaban J connectivity index is 1.35. The largest absolute Gasteiger partial charge is 0.461 e. The number of rotatable bonds is 10. The fourth-order valence-electron chi connectivity index (χ4n) is 4.35. The van der Waals surface area contributed by atoms with E-state index in [-0.39, 0.29) is 12.6 Å². The number of esters is 1. The summed E-state index contributed by atoms with van der Waals surface area (Å²) in [5, 5.41) is 6.53. The number of nitrogens with one attached hydrogen (secondary N) is 2. The van der Waals surface area contributed by atoms with Gasteiger partial charge in [0, 0.05) is 37.6 Å². The van der Waals surface area contributed by atoms with Crippen LogP contribution in [0.15, 0.2) is 84.6 Å². The third-order valence-electron chi connectivity index (χ3n) is 6.22.